The van der Waals surface area contributed by atoms with E-state index >= 15 is 0 Å². The Balaban J connectivity index is 1.43. The molecule has 10 nitrogen and oxygen atoms in total. The molecule has 1 aliphatic rings. The van der Waals surface area contributed by atoms with Crippen molar-refractivity contribution in [2.24, 2.45) is 5.92 Å². The Labute approximate surface area is 294 Å². The maximum absolute atomic E-state index is 14.1. The number of pyridine rings is 1. The van der Waals surface area contributed by atoms with Crippen LogP contribution in [0.25, 0.3) is 11.0 Å². The summed E-state index contributed by atoms with van der Waals surface area (Å²) in [6.07, 6.45) is -1.19. The summed E-state index contributed by atoms with van der Waals surface area (Å²) >= 11 is 0. The molecule has 0 bridgehead atoms. The van der Waals surface area contributed by atoms with Gasteiger partial charge in [0.1, 0.15) is 16.8 Å². The maximum Gasteiger partial charge on any atom is 0.416 e. The fourth-order valence-electron chi connectivity index (χ4n) is 6.83. The van der Waals surface area contributed by atoms with Crippen molar-refractivity contribution in [3.8, 4) is 5.75 Å². The molecule has 3 aromatic carbocycles. The fraction of sp³-hybridized carbons (Fsp3) is 0.351. The van der Waals surface area contributed by atoms with Crippen LogP contribution in [0.1, 0.15) is 65.1 Å². The van der Waals surface area contributed by atoms with Gasteiger partial charge in [-0.25, -0.2) is 13.1 Å². The molecule has 1 N–H and O–H groups in total. The van der Waals surface area contributed by atoms with Crippen LogP contribution in [-0.2, 0) is 40.5 Å². The summed E-state index contributed by atoms with van der Waals surface area (Å²) in [6, 6.07) is 14.0. The Kier molecular flexibility index (Phi) is 9.93. The SMILES string of the molecule is CCn1nnc2c(C)c([C@@H](CC(=O)Nc3cccnc3)c3ccc(C)c(CN4C[C@@H](C)Cc5ccc(C(F)(F)F)cc5S4(=O)=O)c3)cc(OC)c21. The first-order chi connectivity index (χ1) is 24.2. The standard InChI is InChI=1S/C37H39F3N6O4S/c1-6-46-36-32(50-5)17-30(24(4)35(36)43-44-46)31(18-34(47)42-29-8-7-13-41-19-29)25-10-9-23(3)27(15-25)21-45-20-22(2)14-26-11-12-28(37(38,39)40)16-33(26)51(45,48)49/h7-13,15-17,19,22,31H,6,14,18,20-21H2,1-5H3,(H,42,47)/t22-,31-/m0/s1. The number of sulfonamides is 1. The van der Waals surface area contributed by atoms with Crippen LogP contribution in [0.3, 0.4) is 0 Å². The molecule has 0 saturated carbocycles. The highest BCUT2D eigenvalue weighted by Gasteiger charge is 2.37. The number of hydrogen-bond acceptors (Lipinski definition) is 7. The van der Waals surface area contributed by atoms with E-state index in [9.17, 15) is 26.4 Å². The topological polar surface area (TPSA) is 119 Å². The number of anilines is 1. The van der Waals surface area contributed by atoms with Crippen molar-refractivity contribution in [3.05, 3.63) is 106 Å². The van der Waals surface area contributed by atoms with E-state index in [0.29, 0.717) is 41.0 Å². The second-order valence-electron chi connectivity index (χ2n) is 13.1. The van der Waals surface area contributed by atoms with Crippen molar-refractivity contribution < 1.29 is 31.1 Å². The number of alkyl halides is 3. The Morgan fingerprint density at radius 2 is 1.90 bits per heavy atom. The molecular weight excluding hydrogens is 682 g/mol. The Morgan fingerprint density at radius 3 is 2.59 bits per heavy atom. The number of hydrogen-bond donors (Lipinski definition) is 1. The molecule has 3 heterocycles. The molecule has 0 saturated heterocycles. The van der Waals surface area contributed by atoms with Crippen LogP contribution >= 0.6 is 0 Å². The van der Waals surface area contributed by atoms with Gasteiger partial charge in [0.25, 0.3) is 0 Å². The van der Waals surface area contributed by atoms with Crippen molar-refractivity contribution in [1.29, 1.82) is 0 Å². The molecule has 1 aliphatic heterocycles. The zero-order valence-electron chi connectivity index (χ0n) is 29.0. The van der Waals surface area contributed by atoms with Crippen LogP contribution in [0.2, 0.25) is 0 Å². The molecule has 1 amide bonds. The van der Waals surface area contributed by atoms with Crippen LogP contribution in [0.5, 0.6) is 5.75 Å². The van der Waals surface area contributed by atoms with Crippen molar-refractivity contribution in [1.82, 2.24) is 24.3 Å². The summed E-state index contributed by atoms with van der Waals surface area (Å²) < 4.78 is 78.0. The van der Waals surface area contributed by atoms with E-state index in [2.05, 4.69) is 20.6 Å². The van der Waals surface area contributed by atoms with Crippen LogP contribution < -0.4 is 10.1 Å². The van der Waals surface area contributed by atoms with Crippen LogP contribution in [0.15, 0.2) is 71.9 Å². The fourth-order valence-corrected chi connectivity index (χ4v) is 8.62. The van der Waals surface area contributed by atoms with E-state index in [1.54, 1.807) is 36.3 Å². The average Bonchev–Trinajstić information content (AvgIpc) is 3.50. The first-order valence-corrected chi connectivity index (χ1v) is 18.1. The van der Waals surface area contributed by atoms with Crippen molar-refractivity contribution in [2.45, 2.75) is 70.6 Å². The van der Waals surface area contributed by atoms with Gasteiger partial charge >= 0.3 is 6.18 Å². The summed E-state index contributed by atoms with van der Waals surface area (Å²) in [5, 5.41) is 11.7. The van der Waals surface area contributed by atoms with E-state index in [4.69, 9.17) is 4.74 Å². The monoisotopic (exact) mass is 720 g/mol. The number of fused-ring (bicyclic) bond motifs is 2. The lowest BCUT2D eigenvalue weighted by atomic mass is 9.83. The number of carbonyl (C=O) groups excluding carboxylic acids is 1. The minimum absolute atomic E-state index is 0.0153. The number of carbonyl (C=O) groups is 1. The summed E-state index contributed by atoms with van der Waals surface area (Å²) in [6.45, 7) is 8.25. The number of rotatable bonds is 9. The zero-order valence-corrected chi connectivity index (χ0v) is 29.8. The van der Waals surface area contributed by atoms with Gasteiger partial charge in [-0.3, -0.25) is 9.78 Å². The Morgan fingerprint density at radius 1 is 1.12 bits per heavy atom. The number of amides is 1. The summed E-state index contributed by atoms with van der Waals surface area (Å²) in [5.74, 6) is -0.403. The third kappa shape index (κ3) is 7.20. The Hall–Kier alpha value is -4.82. The van der Waals surface area contributed by atoms with Gasteiger partial charge in [-0.05, 0) is 96.8 Å². The quantitative estimate of drug-likeness (QED) is 0.174. The third-order valence-corrected chi connectivity index (χ3v) is 11.4. The van der Waals surface area contributed by atoms with Crippen molar-refractivity contribution >= 4 is 32.7 Å². The van der Waals surface area contributed by atoms with Gasteiger partial charge in [0, 0.05) is 38.2 Å². The largest absolute Gasteiger partial charge is 0.494 e. The molecule has 2 aromatic heterocycles. The van der Waals surface area contributed by atoms with E-state index < -0.39 is 27.7 Å². The van der Waals surface area contributed by atoms with Crippen molar-refractivity contribution in [2.75, 3.05) is 19.0 Å². The summed E-state index contributed by atoms with van der Waals surface area (Å²) in [4.78, 5) is 17.4. The minimum atomic E-state index is -4.69. The van der Waals surface area contributed by atoms with Crippen LogP contribution in [0.4, 0.5) is 18.9 Å². The highest BCUT2D eigenvalue weighted by molar-refractivity contribution is 7.89. The molecule has 0 spiro atoms. The molecule has 2 atom stereocenters. The third-order valence-electron chi connectivity index (χ3n) is 9.49. The van der Waals surface area contributed by atoms with Gasteiger partial charge in [-0.1, -0.05) is 36.4 Å². The van der Waals surface area contributed by atoms with E-state index in [-0.39, 0.29) is 36.2 Å². The highest BCUT2D eigenvalue weighted by Crippen LogP contribution is 2.40. The van der Waals surface area contributed by atoms with Crippen LogP contribution in [-0.4, -0.2) is 52.3 Å². The molecule has 0 fully saturated rings. The van der Waals surface area contributed by atoms with Gasteiger partial charge in [0.05, 0.1) is 29.5 Å². The number of aromatic nitrogens is 4. The van der Waals surface area contributed by atoms with Crippen molar-refractivity contribution in [3.63, 3.8) is 0 Å². The predicted molar refractivity (Wildman–Crippen MR) is 187 cm³/mol. The number of nitrogens with one attached hydrogen (secondary N) is 1. The van der Waals surface area contributed by atoms with Gasteiger partial charge in [-0.15, -0.1) is 5.10 Å². The van der Waals surface area contributed by atoms with Gasteiger partial charge < -0.3 is 10.1 Å². The molecule has 0 radical (unpaired) electrons. The molecule has 6 rings (SSSR count). The number of benzene rings is 3. The molecule has 5 aromatic rings. The van der Waals surface area contributed by atoms with Gasteiger partial charge in [-0.2, -0.15) is 17.5 Å². The molecule has 14 heteroatoms. The second kappa shape index (κ2) is 14.1. The van der Waals surface area contributed by atoms with Crippen LogP contribution in [0, 0.1) is 19.8 Å². The van der Waals surface area contributed by atoms with Gasteiger partial charge in [0.15, 0.2) is 0 Å². The normalized spacial score (nSPS) is 16.7. The van der Waals surface area contributed by atoms with Gasteiger partial charge in [0.2, 0.25) is 15.9 Å². The average molecular weight is 721 g/mol. The smallest absolute Gasteiger partial charge is 0.416 e. The lowest BCUT2D eigenvalue weighted by Gasteiger charge is -2.25. The highest BCUT2D eigenvalue weighted by atomic mass is 32.2. The Bertz CT molecular complexity index is 2210. The summed E-state index contributed by atoms with van der Waals surface area (Å²) in [5.41, 5.74) is 5.06. The van der Waals surface area contributed by atoms with E-state index in [1.165, 1.54) is 10.4 Å². The number of methoxy groups -OCH3 is 1. The number of ether oxygens (including phenoxy) is 1. The van der Waals surface area contributed by atoms with E-state index in [0.717, 1.165) is 39.9 Å². The zero-order chi connectivity index (χ0) is 36.7. The minimum Gasteiger partial charge on any atom is -0.494 e. The maximum atomic E-state index is 14.1. The lowest BCUT2D eigenvalue weighted by molar-refractivity contribution is -0.137. The predicted octanol–water partition coefficient (Wildman–Crippen LogP) is 7.03. The molecule has 0 unspecified atom stereocenters. The van der Waals surface area contributed by atoms with E-state index in [1.807, 2.05) is 52.0 Å². The molecule has 0 aliphatic carbocycles. The first-order valence-electron chi connectivity index (χ1n) is 16.6. The number of aryl methyl sites for hydroxylation is 3. The summed E-state index contributed by atoms with van der Waals surface area (Å²) in [7, 11) is -2.74. The number of halogens is 3. The lowest BCUT2D eigenvalue weighted by Crippen LogP contribution is -2.33. The first kappa shape index (κ1) is 36.0. The molecule has 268 valence electrons. The number of nitrogens with zero attached hydrogens (tertiary/aromatic N) is 5. The molecular formula is C37H39F3N6O4S. The second-order valence-corrected chi connectivity index (χ2v) is 15.0. The molecule has 51 heavy (non-hydrogen) atoms.